The van der Waals surface area contributed by atoms with Gasteiger partial charge in [-0.3, -0.25) is 0 Å². The minimum Gasteiger partial charge on any atom is -0.455 e. The molecule has 0 aliphatic heterocycles. The van der Waals surface area contributed by atoms with Gasteiger partial charge in [0.05, 0.1) is 20.4 Å². The molecule has 0 amide bonds. The Balaban J connectivity index is 0.000000136. The lowest BCUT2D eigenvalue weighted by Gasteiger charge is -2.10. The maximum atomic E-state index is 6.70. The first-order valence-corrected chi connectivity index (χ1v) is 38.0. The molecule has 0 saturated heterocycles. The number of thiazole rings is 2. The number of benzene rings is 14. The van der Waals surface area contributed by atoms with Gasteiger partial charge >= 0.3 is 0 Å². The molecule has 8 aromatic heterocycles. The Morgan fingerprint density at radius 1 is 0.198 bits per heavy atom. The van der Waals surface area contributed by atoms with Crippen molar-refractivity contribution in [3.63, 3.8) is 0 Å². The fourth-order valence-electron chi connectivity index (χ4n) is 14.6. The highest BCUT2D eigenvalue weighted by molar-refractivity contribution is 7.26. The Kier molecular flexibility index (Phi) is 14.8. The number of nitrogens with zero attached hydrogens (tertiary/aromatic N) is 8. The van der Waals surface area contributed by atoms with Gasteiger partial charge in [-0.1, -0.05) is 243 Å². The number of fused-ring (bicyclic) bond motifs is 14. The molecule has 0 spiro atoms. The van der Waals surface area contributed by atoms with Crippen LogP contribution in [0.5, 0.6) is 0 Å². The van der Waals surface area contributed by atoms with E-state index < -0.39 is 0 Å². The summed E-state index contributed by atoms with van der Waals surface area (Å²) in [6.07, 6.45) is 0. The van der Waals surface area contributed by atoms with Crippen molar-refractivity contribution in [1.29, 1.82) is 0 Å². The molecule has 0 fully saturated rings. The largest absolute Gasteiger partial charge is 0.455 e. The second-order valence-electron chi connectivity index (χ2n) is 26.0. The average molecular weight is 1430 g/mol. The number of hydrogen-bond acceptors (Lipinski definition) is 14. The monoisotopic (exact) mass is 1430 g/mol. The van der Waals surface area contributed by atoms with Gasteiger partial charge in [-0.05, 0) is 83.9 Å². The van der Waals surface area contributed by atoms with E-state index in [4.69, 9.17) is 48.7 Å². The van der Waals surface area contributed by atoms with Crippen LogP contribution in [0.4, 0.5) is 0 Å². The molecule has 0 saturated carbocycles. The normalized spacial score (nSPS) is 11.8. The molecule has 14 aromatic carbocycles. The molecule has 0 radical (unpaired) electrons. The van der Waals surface area contributed by atoms with E-state index >= 15 is 0 Å². The molecule has 0 aliphatic carbocycles. The van der Waals surface area contributed by atoms with E-state index in [0.717, 1.165) is 137 Å². The van der Waals surface area contributed by atoms with Crippen LogP contribution in [0.3, 0.4) is 0 Å². The van der Waals surface area contributed by atoms with Gasteiger partial charge in [0.15, 0.2) is 34.9 Å². The Labute approximate surface area is 621 Å². The predicted octanol–water partition coefficient (Wildman–Crippen LogP) is 26.2. The quantitative estimate of drug-likeness (QED) is 0.130. The molecule has 8 heterocycles. The summed E-state index contributed by atoms with van der Waals surface area (Å²) < 4.78 is 20.7. The van der Waals surface area contributed by atoms with Crippen molar-refractivity contribution in [1.82, 2.24) is 39.9 Å². The number of aromatic nitrogens is 8. The van der Waals surface area contributed by atoms with E-state index in [2.05, 4.69) is 218 Å². The zero-order chi connectivity index (χ0) is 69.8. The van der Waals surface area contributed by atoms with Gasteiger partial charge in [0, 0.05) is 118 Å². The first-order chi connectivity index (χ1) is 52.5. The summed E-state index contributed by atoms with van der Waals surface area (Å²) in [4.78, 5) is 40.5. The van der Waals surface area contributed by atoms with E-state index in [1.165, 1.54) is 44.4 Å². The maximum absolute atomic E-state index is 6.70. The van der Waals surface area contributed by atoms with E-state index in [-0.39, 0.29) is 0 Å². The van der Waals surface area contributed by atoms with Crippen LogP contribution in [0.1, 0.15) is 0 Å². The van der Waals surface area contributed by atoms with Crippen molar-refractivity contribution in [3.8, 4) is 112 Å². The van der Waals surface area contributed by atoms with Crippen LogP contribution in [-0.4, -0.2) is 39.9 Å². The molecule has 0 N–H and O–H groups in total. The van der Waals surface area contributed by atoms with Crippen LogP contribution < -0.4 is 0 Å². The summed E-state index contributed by atoms with van der Waals surface area (Å²) in [5.74, 6) is 3.72. The van der Waals surface area contributed by atoms with E-state index in [0.29, 0.717) is 34.9 Å². The Morgan fingerprint density at radius 3 is 1.08 bits per heavy atom. The van der Waals surface area contributed by atoms with Gasteiger partial charge in [0.1, 0.15) is 32.3 Å². The lowest BCUT2D eigenvalue weighted by Crippen LogP contribution is -2.00. The highest BCUT2D eigenvalue weighted by Crippen LogP contribution is 2.46. The van der Waals surface area contributed by atoms with Crippen molar-refractivity contribution in [2.24, 2.45) is 0 Å². The second-order valence-corrected chi connectivity index (χ2v) is 30.2. The van der Waals surface area contributed by atoms with Crippen molar-refractivity contribution >= 4 is 150 Å². The number of furan rings is 2. The molecule has 0 bridgehead atoms. The van der Waals surface area contributed by atoms with Crippen LogP contribution in [0.15, 0.2) is 324 Å². The predicted molar refractivity (Wildman–Crippen MR) is 441 cm³/mol. The van der Waals surface area contributed by atoms with Crippen molar-refractivity contribution in [2.75, 3.05) is 0 Å². The minimum absolute atomic E-state index is 0.600. The smallest absolute Gasteiger partial charge is 0.164 e. The van der Waals surface area contributed by atoms with Gasteiger partial charge in [-0.2, -0.15) is 0 Å². The Bertz CT molecular complexity index is 7160. The summed E-state index contributed by atoms with van der Waals surface area (Å²) in [6.45, 7) is 0. The topological polar surface area (TPSA) is 129 Å². The zero-order valence-corrected chi connectivity index (χ0v) is 59.3. The summed E-state index contributed by atoms with van der Waals surface area (Å²) in [5.41, 5.74) is 17.3. The standard InChI is InChI=1S/2C46H26N4OS2/c1-2-11-28(12-3-1)43-48-44(50-45(49-43)34-17-10-22-39-41(34)31-13-4-6-20-37(31)52-39)33-16-9-19-36-40(33)32-15-8-14-30(42(32)51-36)27-23-25-29(26-24-27)46-47-35-18-5-7-21-38(35)53-46;1-2-10-28(11-3-1)43-48-44(30-24-25-39-35(26-30)32-12-4-6-18-38(32)52-39)50-45(49-43)34-15-9-17-37-41(34)33-14-8-13-31(42(33)51-37)27-20-22-29(23-21-27)46-47-36-16-5-7-19-40(36)53-46/h2*1-26H. The minimum atomic E-state index is 0.600. The SMILES string of the molecule is c1ccc(-c2nc(-c3ccc4sc5ccccc5c4c3)nc(-c3cccc4oc5c(-c6ccc(-c7nc8ccccc8s7)cc6)cccc5c34)n2)cc1.c1ccc(-c2nc(-c3cccc4oc5c(-c6ccc(-c7nc8ccccc8s7)cc6)cccc5c34)nc(-c3cccc4sc5ccccc5c34)n2)cc1. The van der Waals surface area contributed by atoms with Crippen LogP contribution >= 0.6 is 45.3 Å². The lowest BCUT2D eigenvalue weighted by molar-refractivity contribution is 0.669. The van der Waals surface area contributed by atoms with E-state index in [9.17, 15) is 0 Å². The first-order valence-electron chi connectivity index (χ1n) is 34.8. The molecule has 0 unspecified atom stereocenters. The number of rotatable bonds is 10. The fourth-order valence-corrected chi connectivity index (χ4v) is 18.8. The van der Waals surface area contributed by atoms with Gasteiger partial charge in [0.2, 0.25) is 0 Å². The second kappa shape index (κ2) is 25.4. The molecule has 0 atom stereocenters. The summed E-state index contributed by atoms with van der Waals surface area (Å²) >= 11 is 7.02. The number of para-hydroxylation sites is 4. The third kappa shape index (κ3) is 10.7. The molecule has 22 rings (SSSR count). The zero-order valence-electron chi connectivity index (χ0n) is 56.0. The van der Waals surface area contributed by atoms with Crippen LogP contribution in [0.2, 0.25) is 0 Å². The van der Waals surface area contributed by atoms with E-state index in [1.54, 1.807) is 45.3 Å². The molecular weight excluding hydrogens is 1380 g/mol. The average Bonchev–Trinajstić information content (AvgIpc) is 1.58. The third-order valence-electron chi connectivity index (χ3n) is 19.6. The van der Waals surface area contributed by atoms with Gasteiger partial charge in [-0.25, -0.2) is 39.9 Å². The summed E-state index contributed by atoms with van der Waals surface area (Å²) in [6, 6.07) is 109. The van der Waals surface area contributed by atoms with Gasteiger partial charge < -0.3 is 8.83 Å². The fraction of sp³-hybridized carbons (Fsp3) is 0. The lowest BCUT2D eigenvalue weighted by atomic mass is 9.99. The van der Waals surface area contributed by atoms with Gasteiger partial charge in [0.25, 0.3) is 0 Å². The van der Waals surface area contributed by atoms with Gasteiger partial charge in [-0.15, -0.1) is 45.3 Å². The molecular formula is C92H52N8O2S4. The summed E-state index contributed by atoms with van der Waals surface area (Å²) in [7, 11) is 0. The Hall–Kier alpha value is -13.1. The first kappa shape index (κ1) is 61.6. The Morgan fingerprint density at radius 2 is 0.557 bits per heavy atom. The molecule has 22 aromatic rings. The molecule has 106 heavy (non-hydrogen) atoms. The van der Waals surface area contributed by atoms with E-state index in [1.807, 2.05) is 97.1 Å². The van der Waals surface area contributed by atoms with Crippen molar-refractivity contribution in [3.05, 3.63) is 315 Å². The molecule has 14 heteroatoms. The van der Waals surface area contributed by atoms with Crippen molar-refractivity contribution < 1.29 is 8.83 Å². The van der Waals surface area contributed by atoms with Crippen molar-refractivity contribution in [2.45, 2.75) is 0 Å². The van der Waals surface area contributed by atoms with Crippen LogP contribution in [0.25, 0.3) is 216 Å². The molecule has 0 aliphatic rings. The molecule has 496 valence electrons. The van der Waals surface area contributed by atoms with Crippen LogP contribution in [-0.2, 0) is 0 Å². The third-order valence-corrected chi connectivity index (χ3v) is 24.1. The van der Waals surface area contributed by atoms with Crippen LogP contribution in [0, 0.1) is 0 Å². The highest BCUT2D eigenvalue weighted by Gasteiger charge is 2.24. The maximum Gasteiger partial charge on any atom is 0.164 e. The highest BCUT2D eigenvalue weighted by atomic mass is 32.1. The number of hydrogen-bond donors (Lipinski definition) is 0. The number of thiophene rings is 2. The molecule has 10 nitrogen and oxygen atoms in total. The summed E-state index contributed by atoms with van der Waals surface area (Å²) in [5, 5.41) is 10.8.